The summed E-state index contributed by atoms with van der Waals surface area (Å²) >= 11 is 6.09. The average Bonchev–Trinajstić information content (AvgIpc) is 3.35. The zero-order valence-electron chi connectivity index (χ0n) is 24.4. The highest BCUT2D eigenvalue weighted by Crippen LogP contribution is 2.38. The summed E-state index contributed by atoms with van der Waals surface area (Å²) < 4.78 is 6.15. The molecule has 7 heteroatoms. The molecule has 3 aromatic rings. The van der Waals surface area contributed by atoms with E-state index in [1.165, 1.54) is 0 Å². The van der Waals surface area contributed by atoms with E-state index >= 15 is 0 Å². The molecule has 41 heavy (non-hydrogen) atoms. The molecular formula is C34H40ClN3O3. The maximum atomic E-state index is 13.2. The summed E-state index contributed by atoms with van der Waals surface area (Å²) in [6.45, 7) is 11.3. The van der Waals surface area contributed by atoms with Gasteiger partial charge >= 0.3 is 0 Å². The van der Waals surface area contributed by atoms with Crippen molar-refractivity contribution < 1.29 is 14.6 Å². The summed E-state index contributed by atoms with van der Waals surface area (Å²) in [7, 11) is 0. The predicted octanol–water partition coefficient (Wildman–Crippen LogP) is 6.44. The number of benzene rings is 2. The van der Waals surface area contributed by atoms with Gasteiger partial charge < -0.3 is 19.6 Å². The molecule has 2 aromatic carbocycles. The van der Waals surface area contributed by atoms with Crippen LogP contribution in [-0.4, -0.2) is 51.5 Å². The second-order valence-electron chi connectivity index (χ2n) is 12.0. The number of likely N-dealkylation sites (tertiary alicyclic amines) is 1. The first kappa shape index (κ1) is 29.3. The van der Waals surface area contributed by atoms with Crippen molar-refractivity contribution in [2.75, 3.05) is 19.6 Å². The lowest BCUT2D eigenvalue weighted by Crippen LogP contribution is -2.43. The predicted molar refractivity (Wildman–Crippen MR) is 164 cm³/mol. The molecular weight excluding hydrogens is 534 g/mol. The highest BCUT2D eigenvalue weighted by Gasteiger charge is 2.32. The van der Waals surface area contributed by atoms with E-state index in [1.54, 1.807) is 20.0 Å². The van der Waals surface area contributed by atoms with Crippen molar-refractivity contribution in [1.82, 2.24) is 14.8 Å². The van der Waals surface area contributed by atoms with Crippen LogP contribution in [0.2, 0.25) is 5.02 Å². The molecule has 0 unspecified atom stereocenters. The molecule has 1 N–H and O–H groups in total. The molecule has 0 bridgehead atoms. The Balaban J connectivity index is 1.34. The van der Waals surface area contributed by atoms with Crippen molar-refractivity contribution in [2.24, 2.45) is 5.92 Å². The fraction of sp³-hybridized carbons (Fsp3) is 0.412. The number of carbonyl (C=O) groups is 1. The first-order valence-corrected chi connectivity index (χ1v) is 14.9. The molecule has 216 valence electrons. The summed E-state index contributed by atoms with van der Waals surface area (Å²) in [6.07, 6.45) is 5.88. The van der Waals surface area contributed by atoms with Gasteiger partial charge in [0.05, 0.1) is 11.3 Å². The number of carbonyl (C=O) groups excluding carboxylic acids is 1. The molecule has 2 aliphatic rings. The van der Waals surface area contributed by atoms with E-state index in [0.29, 0.717) is 18.2 Å². The number of halogens is 1. The zero-order chi connectivity index (χ0) is 29.1. The van der Waals surface area contributed by atoms with Gasteiger partial charge in [0, 0.05) is 60.5 Å². The Bertz CT molecular complexity index is 1410. The van der Waals surface area contributed by atoms with Crippen molar-refractivity contribution in [2.45, 2.75) is 65.3 Å². The molecule has 1 fully saturated rings. The molecule has 1 aromatic heterocycles. The van der Waals surface area contributed by atoms with E-state index in [1.807, 2.05) is 62.4 Å². The summed E-state index contributed by atoms with van der Waals surface area (Å²) in [5.41, 5.74) is 5.02. The van der Waals surface area contributed by atoms with Crippen molar-refractivity contribution in [3.8, 4) is 5.75 Å². The van der Waals surface area contributed by atoms with Gasteiger partial charge in [0.1, 0.15) is 12.4 Å². The van der Waals surface area contributed by atoms with Crippen LogP contribution in [0.4, 0.5) is 0 Å². The quantitative estimate of drug-likeness (QED) is 0.336. The number of hydrogen-bond acceptors (Lipinski definition) is 5. The minimum Gasteiger partial charge on any atom is -0.487 e. The largest absolute Gasteiger partial charge is 0.487 e. The maximum absolute atomic E-state index is 13.2. The minimum absolute atomic E-state index is 0.0546. The Labute approximate surface area is 248 Å². The van der Waals surface area contributed by atoms with Crippen LogP contribution in [-0.2, 0) is 23.5 Å². The molecule has 6 nitrogen and oxygen atoms in total. The summed E-state index contributed by atoms with van der Waals surface area (Å²) in [6, 6.07) is 18.0. The SMILES string of the molecule is CC(C)C(=O)N(Cc1ccc(Cl)cc1)[C@H]1CCN(CCC=C2c3cc(C(C)(C)O)ccc3OCc3ncccc32)C1. The first-order chi connectivity index (χ1) is 19.6. The molecule has 0 spiro atoms. The minimum atomic E-state index is -0.958. The molecule has 0 saturated carbocycles. The van der Waals surface area contributed by atoms with Crippen molar-refractivity contribution >= 4 is 23.1 Å². The van der Waals surface area contributed by atoms with Crippen molar-refractivity contribution in [3.05, 3.63) is 99.8 Å². The Morgan fingerprint density at radius 2 is 1.98 bits per heavy atom. The van der Waals surface area contributed by atoms with Crippen molar-refractivity contribution in [3.63, 3.8) is 0 Å². The Morgan fingerprint density at radius 1 is 1.20 bits per heavy atom. The van der Waals surface area contributed by atoms with Crippen molar-refractivity contribution in [1.29, 1.82) is 0 Å². The molecule has 5 rings (SSSR count). The fourth-order valence-corrected chi connectivity index (χ4v) is 5.85. The normalized spacial score (nSPS) is 18.1. The van der Waals surface area contributed by atoms with E-state index < -0.39 is 5.60 Å². The number of pyridine rings is 1. The average molecular weight is 574 g/mol. The van der Waals surface area contributed by atoms with Gasteiger partial charge in [-0.3, -0.25) is 9.78 Å². The van der Waals surface area contributed by atoms with Gasteiger partial charge in [0.2, 0.25) is 5.91 Å². The third-order valence-electron chi connectivity index (χ3n) is 8.05. The molecule has 0 radical (unpaired) electrons. The summed E-state index contributed by atoms with van der Waals surface area (Å²) in [4.78, 5) is 22.3. The summed E-state index contributed by atoms with van der Waals surface area (Å²) in [5, 5.41) is 11.4. The van der Waals surface area contributed by atoms with E-state index in [4.69, 9.17) is 16.3 Å². The third-order valence-corrected chi connectivity index (χ3v) is 8.30. The van der Waals surface area contributed by atoms with Gasteiger partial charge in [-0.25, -0.2) is 0 Å². The van der Waals surface area contributed by atoms with Gasteiger partial charge in [-0.2, -0.15) is 0 Å². The summed E-state index contributed by atoms with van der Waals surface area (Å²) in [5.74, 6) is 0.935. The Hall–Kier alpha value is -3.19. The number of hydrogen-bond donors (Lipinski definition) is 1. The van der Waals surface area contributed by atoms with E-state index in [-0.39, 0.29) is 17.9 Å². The molecule has 1 saturated heterocycles. The van der Waals surface area contributed by atoms with Crippen LogP contribution in [0.1, 0.15) is 68.5 Å². The van der Waals surface area contributed by atoms with Crippen LogP contribution in [0.5, 0.6) is 5.75 Å². The van der Waals surface area contributed by atoms with Gasteiger partial charge in [-0.1, -0.05) is 55.8 Å². The third kappa shape index (κ3) is 6.83. The smallest absolute Gasteiger partial charge is 0.225 e. The number of ether oxygens (including phenoxy) is 1. The number of aliphatic hydroxyl groups is 1. The number of aromatic nitrogens is 1. The first-order valence-electron chi connectivity index (χ1n) is 14.5. The topological polar surface area (TPSA) is 65.9 Å². The number of nitrogens with zero attached hydrogens (tertiary/aromatic N) is 3. The number of rotatable bonds is 8. The second kappa shape index (κ2) is 12.4. The van der Waals surface area contributed by atoms with Gasteiger partial charge in [-0.05, 0) is 73.7 Å². The molecule has 2 aliphatic heterocycles. The number of amides is 1. The monoisotopic (exact) mass is 573 g/mol. The molecule has 1 atom stereocenters. The van der Waals surface area contributed by atoms with E-state index in [0.717, 1.165) is 71.7 Å². The van der Waals surface area contributed by atoms with E-state index in [9.17, 15) is 9.90 Å². The lowest BCUT2D eigenvalue weighted by atomic mass is 9.90. The van der Waals surface area contributed by atoms with Gasteiger partial charge in [0.25, 0.3) is 0 Å². The van der Waals surface area contributed by atoms with Crippen LogP contribution in [0.25, 0.3) is 5.57 Å². The molecule has 3 heterocycles. The Kier molecular flexibility index (Phi) is 8.83. The number of fused-ring (bicyclic) bond motifs is 2. The highest BCUT2D eigenvalue weighted by molar-refractivity contribution is 6.30. The van der Waals surface area contributed by atoms with Gasteiger partial charge in [-0.15, -0.1) is 0 Å². The lowest BCUT2D eigenvalue weighted by Gasteiger charge is -2.31. The van der Waals surface area contributed by atoms with Crippen LogP contribution < -0.4 is 4.74 Å². The fourth-order valence-electron chi connectivity index (χ4n) is 5.72. The Morgan fingerprint density at radius 3 is 2.71 bits per heavy atom. The van der Waals surface area contributed by atoms with Crippen LogP contribution in [0, 0.1) is 5.92 Å². The maximum Gasteiger partial charge on any atom is 0.225 e. The highest BCUT2D eigenvalue weighted by atomic mass is 35.5. The standard InChI is InChI=1S/C34H40ClN3O3/c1-23(2)33(39)38(20-24-9-12-26(35)13-10-24)27-15-18-37(21-27)17-6-8-28-29-7-5-16-36-31(29)22-41-32-14-11-25(19-30(28)32)34(3,4)40/h5,7-14,16,19,23,27,40H,6,15,17-18,20-22H2,1-4H3/t27-/m0/s1. The second-order valence-corrected chi connectivity index (χ2v) is 12.4. The van der Waals surface area contributed by atoms with Crippen LogP contribution in [0.15, 0.2) is 66.9 Å². The van der Waals surface area contributed by atoms with Crippen LogP contribution >= 0.6 is 11.6 Å². The molecule has 0 aliphatic carbocycles. The lowest BCUT2D eigenvalue weighted by molar-refractivity contribution is -0.137. The van der Waals surface area contributed by atoms with Gasteiger partial charge in [0.15, 0.2) is 0 Å². The van der Waals surface area contributed by atoms with Crippen LogP contribution in [0.3, 0.4) is 0 Å². The zero-order valence-corrected chi connectivity index (χ0v) is 25.2. The van der Waals surface area contributed by atoms with E-state index in [2.05, 4.69) is 26.9 Å². The molecule has 1 amide bonds.